The van der Waals surface area contributed by atoms with Crippen LogP contribution >= 0.6 is 0 Å². The Labute approximate surface area is 163 Å². The molecular formula is C19H21F4NO5. The zero-order chi connectivity index (χ0) is 22.2. The molecule has 2 aromatic carbocycles. The zero-order valence-electron chi connectivity index (χ0n) is 15.5. The van der Waals surface area contributed by atoms with Crippen molar-refractivity contribution in [3.05, 3.63) is 41.7 Å². The van der Waals surface area contributed by atoms with E-state index in [2.05, 4.69) is 5.32 Å². The number of hydrogen-bond acceptors (Lipinski definition) is 6. The minimum atomic E-state index is -5.13. The van der Waals surface area contributed by atoms with Crippen LogP contribution in [-0.2, 0) is 5.41 Å². The first-order chi connectivity index (χ1) is 13.2. The van der Waals surface area contributed by atoms with Gasteiger partial charge in [0.15, 0.2) is 17.1 Å². The maximum Gasteiger partial charge on any atom is 0.418 e. The van der Waals surface area contributed by atoms with Gasteiger partial charge in [0, 0.05) is 17.7 Å². The molecule has 0 radical (unpaired) electrons. The van der Waals surface area contributed by atoms with Gasteiger partial charge in [0.1, 0.15) is 17.3 Å². The Morgan fingerprint density at radius 1 is 0.862 bits per heavy atom. The second-order valence-electron chi connectivity index (χ2n) is 7.46. The van der Waals surface area contributed by atoms with Gasteiger partial charge in [-0.25, -0.2) is 4.39 Å². The van der Waals surface area contributed by atoms with E-state index in [1.165, 1.54) is 13.8 Å². The molecule has 0 aliphatic rings. The molecule has 0 aliphatic carbocycles. The molecule has 0 saturated heterocycles. The number of phenols is 4. The molecule has 0 aromatic heterocycles. The molecule has 0 heterocycles. The molecule has 6 N–H and O–H groups in total. The van der Waals surface area contributed by atoms with E-state index in [0.717, 1.165) is 30.3 Å². The predicted molar refractivity (Wildman–Crippen MR) is 96.6 cm³/mol. The number of benzene rings is 2. The van der Waals surface area contributed by atoms with Crippen LogP contribution in [-0.4, -0.2) is 43.9 Å². The van der Waals surface area contributed by atoms with Crippen molar-refractivity contribution >= 4 is 5.69 Å². The molecule has 2 rings (SSSR count). The summed E-state index contributed by atoms with van der Waals surface area (Å²) in [5, 5.41) is 51.0. The van der Waals surface area contributed by atoms with Crippen molar-refractivity contribution in [1.29, 1.82) is 0 Å². The Morgan fingerprint density at radius 3 is 2.03 bits per heavy atom. The van der Waals surface area contributed by atoms with Crippen LogP contribution in [0.2, 0.25) is 0 Å². The smallest absolute Gasteiger partial charge is 0.418 e. The van der Waals surface area contributed by atoms with Gasteiger partial charge in [0.05, 0.1) is 12.2 Å². The van der Waals surface area contributed by atoms with Gasteiger partial charge in [0.2, 0.25) is 0 Å². The average molecular weight is 419 g/mol. The topological polar surface area (TPSA) is 113 Å². The molecule has 10 heteroatoms. The summed E-state index contributed by atoms with van der Waals surface area (Å²) in [4.78, 5) is 0. The summed E-state index contributed by atoms with van der Waals surface area (Å²) in [6.45, 7) is 1.48. The van der Waals surface area contributed by atoms with Gasteiger partial charge in [-0.1, -0.05) is 13.8 Å². The van der Waals surface area contributed by atoms with Gasteiger partial charge in [-0.2, -0.15) is 13.2 Å². The first kappa shape index (κ1) is 22.4. The van der Waals surface area contributed by atoms with E-state index in [0.29, 0.717) is 0 Å². The summed E-state index contributed by atoms with van der Waals surface area (Å²) in [6.07, 6.45) is -6.09. The highest BCUT2D eigenvalue weighted by Gasteiger charge is 2.56. The third-order valence-electron chi connectivity index (χ3n) is 4.61. The molecule has 0 amide bonds. The number of hydrogen-bond donors (Lipinski definition) is 6. The lowest BCUT2D eigenvalue weighted by atomic mass is 9.74. The number of aromatic hydroxyl groups is 4. The lowest BCUT2D eigenvalue weighted by Gasteiger charge is -2.38. The van der Waals surface area contributed by atoms with Crippen LogP contribution in [0.4, 0.5) is 23.2 Å². The normalized spacial score (nSPS) is 14.4. The molecule has 6 nitrogen and oxygen atoms in total. The summed E-state index contributed by atoms with van der Waals surface area (Å²) in [5.41, 5.74) is -5.33. The molecule has 1 unspecified atom stereocenters. The van der Waals surface area contributed by atoms with E-state index in [-0.39, 0.29) is 11.3 Å². The minimum Gasteiger partial charge on any atom is -0.508 e. The number of rotatable bonds is 6. The quantitative estimate of drug-likeness (QED) is 0.242. The third kappa shape index (κ3) is 4.76. The predicted octanol–water partition coefficient (Wildman–Crippen LogP) is 3.72. The van der Waals surface area contributed by atoms with Crippen LogP contribution in [0.1, 0.15) is 25.8 Å². The van der Waals surface area contributed by atoms with E-state index >= 15 is 0 Å². The fraction of sp³-hybridized carbons (Fsp3) is 0.368. The van der Waals surface area contributed by atoms with Gasteiger partial charge in [-0.3, -0.25) is 0 Å². The molecule has 0 spiro atoms. The molecule has 0 saturated carbocycles. The van der Waals surface area contributed by atoms with Crippen molar-refractivity contribution in [3.8, 4) is 23.0 Å². The first-order valence-electron chi connectivity index (χ1n) is 8.43. The van der Waals surface area contributed by atoms with E-state index in [1.807, 2.05) is 0 Å². The van der Waals surface area contributed by atoms with Gasteiger partial charge in [-0.15, -0.1) is 0 Å². The summed E-state index contributed by atoms with van der Waals surface area (Å²) in [5.74, 6) is -3.20. The molecule has 0 bridgehead atoms. The zero-order valence-corrected chi connectivity index (χ0v) is 15.5. The van der Waals surface area contributed by atoms with Crippen LogP contribution < -0.4 is 5.32 Å². The fourth-order valence-corrected chi connectivity index (χ4v) is 3.09. The molecule has 29 heavy (non-hydrogen) atoms. The number of anilines is 1. The molecule has 1 atom stereocenters. The summed E-state index contributed by atoms with van der Waals surface area (Å²) in [6, 6.07) is 4.37. The maximum absolute atomic E-state index is 13.7. The number of nitrogens with one attached hydrogen (secondary N) is 1. The Morgan fingerprint density at radius 2 is 1.45 bits per heavy atom. The Balaban J connectivity index is 2.35. The van der Waals surface area contributed by atoms with Gasteiger partial charge >= 0.3 is 6.18 Å². The Kier molecular flexibility index (Phi) is 5.80. The second kappa shape index (κ2) is 7.51. The lowest BCUT2D eigenvalue weighted by molar-refractivity contribution is -0.260. The van der Waals surface area contributed by atoms with Crippen molar-refractivity contribution in [2.75, 3.05) is 11.9 Å². The highest BCUT2D eigenvalue weighted by molar-refractivity contribution is 5.63. The SMILES string of the molecule is CC(C)(CC(O)(CNc1cc(O)c(O)cc1O)C(F)(F)F)c1cc(F)ccc1O. The van der Waals surface area contributed by atoms with Gasteiger partial charge in [-0.05, 0) is 30.0 Å². The second-order valence-corrected chi connectivity index (χ2v) is 7.46. The summed E-state index contributed by atoms with van der Waals surface area (Å²) in [7, 11) is 0. The molecule has 2 aromatic rings. The molecular weight excluding hydrogens is 398 g/mol. The van der Waals surface area contributed by atoms with Crippen LogP contribution in [0.5, 0.6) is 23.0 Å². The van der Waals surface area contributed by atoms with Crippen LogP contribution in [0, 0.1) is 5.82 Å². The maximum atomic E-state index is 13.7. The Hall–Kier alpha value is -2.88. The molecule has 0 fully saturated rings. The average Bonchev–Trinajstić information content (AvgIpc) is 2.57. The van der Waals surface area contributed by atoms with Crippen molar-refractivity contribution < 1.29 is 43.1 Å². The number of aliphatic hydroxyl groups is 1. The van der Waals surface area contributed by atoms with Crippen LogP contribution in [0.25, 0.3) is 0 Å². The van der Waals surface area contributed by atoms with E-state index < -0.39 is 59.0 Å². The number of alkyl halides is 3. The van der Waals surface area contributed by atoms with Crippen molar-refractivity contribution in [3.63, 3.8) is 0 Å². The minimum absolute atomic E-state index is 0.120. The van der Waals surface area contributed by atoms with Crippen molar-refractivity contribution in [2.24, 2.45) is 0 Å². The van der Waals surface area contributed by atoms with E-state index in [9.17, 15) is 43.1 Å². The van der Waals surface area contributed by atoms with Crippen LogP contribution in [0.15, 0.2) is 30.3 Å². The third-order valence-corrected chi connectivity index (χ3v) is 4.61. The standard InChI is InChI=1S/C19H21F4NO5/c1-17(2,11-5-10(20)3-4-13(11)25)8-18(29,19(21,22)23)9-24-12-6-15(27)16(28)7-14(12)26/h3-7,24-29H,8-9H2,1-2H3. The van der Waals surface area contributed by atoms with E-state index in [1.54, 1.807) is 0 Å². The summed E-state index contributed by atoms with van der Waals surface area (Å²) < 4.78 is 54.6. The fourth-order valence-electron chi connectivity index (χ4n) is 3.09. The van der Waals surface area contributed by atoms with Gasteiger partial charge in [0.25, 0.3) is 0 Å². The highest BCUT2D eigenvalue weighted by Crippen LogP contribution is 2.44. The van der Waals surface area contributed by atoms with Gasteiger partial charge < -0.3 is 30.8 Å². The summed E-state index contributed by atoms with van der Waals surface area (Å²) >= 11 is 0. The van der Waals surface area contributed by atoms with Crippen LogP contribution in [0.3, 0.4) is 0 Å². The monoisotopic (exact) mass is 419 g/mol. The molecule has 160 valence electrons. The highest BCUT2D eigenvalue weighted by atomic mass is 19.4. The number of phenolic OH excluding ortho intramolecular Hbond substituents is 4. The first-order valence-corrected chi connectivity index (χ1v) is 8.43. The number of halogens is 4. The Bertz CT molecular complexity index is 901. The largest absolute Gasteiger partial charge is 0.508 e. The van der Waals surface area contributed by atoms with Crippen molar-refractivity contribution in [1.82, 2.24) is 0 Å². The lowest BCUT2D eigenvalue weighted by Crippen LogP contribution is -2.53. The van der Waals surface area contributed by atoms with E-state index in [4.69, 9.17) is 0 Å². The van der Waals surface area contributed by atoms with Crippen molar-refractivity contribution in [2.45, 2.75) is 37.5 Å². The molecule has 0 aliphatic heterocycles.